The molecule has 6 nitrogen and oxygen atoms in total. The molecule has 1 rings (SSSR count). The van der Waals surface area contributed by atoms with Crippen LogP contribution in [0, 0.1) is 0 Å². The number of likely N-dealkylation sites (N-methyl/N-ethyl adjacent to an activating group) is 1. The van der Waals surface area contributed by atoms with E-state index >= 15 is 0 Å². The number of hydrogen-bond donors (Lipinski definition) is 2. The predicted octanol–water partition coefficient (Wildman–Crippen LogP) is 1.14. The van der Waals surface area contributed by atoms with Crippen molar-refractivity contribution in [1.82, 2.24) is 20.1 Å². The predicted molar refractivity (Wildman–Crippen MR) is 70.7 cm³/mol. The van der Waals surface area contributed by atoms with Gasteiger partial charge in [0.2, 0.25) is 0 Å². The number of carboxylic acids is 1. The van der Waals surface area contributed by atoms with Crippen LogP contribution in [-0.4, -0.2) is 43.7 Å². The van der Waals surface area contributed by atoms with E-state index < -0.39 is 11.5 Å². The summed E-state index contributed by atoms with van der Waals surface area (Å²) >= 11 is 1.59. The topological polar surface area (TPSA) is 80.0 Å². The van der Waals surface area contributed by atoms with Crippen LogP contribution in [0.15, 0.2) is 11.5 Å². The second-order valence-electron chi connectivity index (χ2n) is 4.34. The van der Waals surface area contributed by atoms with Crippen LogP contribution in [0.4, 0.5) is 0 Å². The minimum atomic E-state index is -0.838. The van der Waals surface area contributed by atoms with Gasteiger partial charge in [0.15, 0.2) is 5.16 Å². The number of hydrogen-bond acceptors (Lipinski definition) is 5. The fourth-order valence-electron chi connectivity index (χ4n) is 1.65. The SMILES string of the molecule is CCNC(C)(CCCSc1nncn1C)C(=O)O. The second-order valence-corrected chi connectivity index (χ2v) is 5.41. The molecule has 1 heterocycles. The summed E-state index contributed by atoms with van der Waals surface area (Å²) in [5.74, 6) is 0.0360. The highest BCUT2D eigenvalue weighted by atomic mass is 32.2. The fraction of sp³-hybridized carbons (Fsp3) is 0.727. The molecule has 0 saturated carbocycles. The third kappa shape index (κ3) is 3.99. The summed E-state index contributed by atoms with van der Waals surface area (Å²) in [6.07, 6.45) is 3.07. The van der Waals surface area contributed by atoms with Crippen molar-refractivity contribution in [3.8, 4) is 0 Å². The molecule has 0 saturated heterocycles. The Morgan fingerprint density at radius 3 is 2.89 bits per heavy atom. The van der Waals surface area contributed by atoms with Gasteiger partial charge in [-0.25, -0.2) is 0 Å². The van der Waals surface area contributed by atoms with Crippen molar-refractivity contribution in [3.05, 3.63) is 6.33 Å². The third-order valence-electron chi connectivity index (χ3n) is 2.76. The van der Waals surface area contributed by atoms with Crippen molar-refractivity contribution in [2.45, 2.75) is 37.4 Å². The van der Waals surface area contributed by atoms with Crippen LogP contribution in [0.25, 0.3) is 0 Å². The normalized spacial score (nSPS) is 14.4. The highest BCUT2D eigenvalue weighted by molar-refractivity contribution is 7.99. The monoisotopic (exact) mass is 272 g/mol. The van der Waals surface area contributed by atoms with Gasteiger partial charge < -0.3 is 15.0 Å². The zero-order valence-corrected chi connectivity index (χ0v) is 11.8. The lowest BCUT2D eigenvalue weighted by molar-refractivity contribution is -0.144. The average Bonchev–Trinajstić information content (AvgIpc) is 2.71. The quantitative estimate of drug-likeness (QED) is 0.545. The molecule has 1 unspecified atom stereocenters. The number of rotatable bonds is 8. The van der Waals surface area contributed by atoms with Crippen molar-refractivity contribution in [2.75, 3.05) is 12.3 Å². The van der Waals surface area contributed by atoms with E-state index in [1.807, 2.05) is 18.5 Å². The van der Waals surface area contributed by atoms with E-state index in [0.29, 0.717) is 13.0 Å². The van der Waals surface area contributed by atoms with Gasteiger partial charge in [0.05, 0.1) is 0 Å². The van der Waals surface area contributed by atoms with Crippen molar-refractivity contribution < 1.29 is 9.90 Å². The number of thioether (sulfide) groups is 1. The van der Waals surface area contributed by atoms with Gasteiger partial charge in [0.25, 0.3) is 0 Å². The minimum Gasteiger partial charge on any atom is -0.480 e. The zero-order valence-electron chi connectivity index (χ0n) is 11.0. The maximum Gasteiger partial charge on any atom is 0.323 e. The maximum atomic E-state index is 11.2. The van der Waals surface area contributed by atoms with Crippen molar-refractivity contribution in [2.24, 2.45) is 7.05 Å². The van der Waals surface area contributed by atoms with Crippen molar-refractivity contribution in [3.63, 3.8) is 0 Å². The Hall–Kier alpha value is -1.08. The lowest BCUT2D eigenvalue weighted by Gasteiger charge is -2.25. The van der Waals surface area contributed by atoms with Gasteiger partial charge in [0, 0.05) is 12.8 Å². The molecule has 0 aliphatic heterocycles. The number of nitrogens with zero attached hydrogens (tertiary/aromatic N) is 3. The molecule has 0 aliphatic rings. The third-order valence-corrected chi connectivity index (χ3v) is 3.88. The molecule has 0 aliphatic carbocycles. The average molecular weight is 272 g/mol. The zero-order chi connectivity index (χ0) is 13.6. The fourth-order valence-corrected chi connectivity index (χ4v) is 2.48. The number of nitrogens with one attached hydrogen (secondary N) is 1. The summed E-state index contributed by atoms with van der Waals surface area (Å²) in [4.78, 5) is 11.2. The van der Waals surface area contributed by atoms with E-state index in [9.17, 15) is 9.90 Å². The largest absolute Gasteiger partial charge is 0.480 e. The first kappa shape index (κ1) is 15.0. The van der Waals surface area contributed by atoms with E-state index in [1.165, 1.54) is 0 Å². The maximum absolute atomic E-state index is 11.2. The molecule has 2 N–H and O–H groups in total. The first-order valence-corrected chi connectivity index (χ1v) is 6.93. The van der Waals surface area contributed by atoms with Crippen molar-refractivity contribution >= 4 is 17.7 Å². The van der Waals surface area contributed by atoms with Gasteiger partial charge in [0.1, 0.15) is 11.9 Å². The highest BCUT2D eigenvalue weighted by Crippen LogP contribution is 2.19. The molecule has 0 spiro atoms. The molecule has 1 aromatic rings. The number of aromatic nitrogens is 3. The summed E-state index contributed by atoms with van der Waals surface area (Å²) in [5, 5.41) is 20.8. The number of aryl methyl sites for hydroxylation is 1. The summed E-state index contributed by atoms with van der Waals surface area (Å²) in [7, 11) is 1.89. The Labute approximate surface area is 111 Å². The van der Waals surface area contributed by atoms with E-state index in [4.69, 9.17) is 0 Å². The summed E-state index contributed by atoms with van der Waals surface area (Å²) in [6.45, 7) is 4.29. The van der Waals surface area contributed by atoms with Gasteiger partial charge in [-0.15, -0.1) is 10.2 Å². The van der Waals surface area contributed by atoms with Crippen molar-refractivity contribution in [1.29, 1.82) is 0 Å². The smallest absolute Gasteiger partial charge is 0.323 e. The molecule has 102 valence electrons. The van der Waals surface area contributed by atoms with Crippen LogP contribution in [-0.2, 0) is 11.8 Å². The van der Waals surface area contributed by atoms with E-state index in [2.05, 4.69) is 15.5 Å². The molecular weight excluding hydrogens is 252 g/mol. The van der Waals surface area contributed by atoms with Crippen LogP contribution in [0.3, 0.4) is 0 Å². The Bertz CT molecular complexity index is 396. The minimum absolute atomic E-state index is 0.598. The molecule has 0 aromatic carbocycles. The van der Waals surface area contributed by atoms with Gasteiger partial charge in [-0.3, -0.25) is 4.79 Å². The molecule has 0 fully saturated rings. The lowest BCUT2D eigenvalue weighted by Crippen LogP contribution is -2.49. The standard InChI is InChI=1S/C11H20N4O2S/c1-4-12-11(2,9(16)17)6-5-7-18-10-14-13-8-15(10)3/h8,12H,4-7H2,1-3H3,(H,16,17). The summed E-state index contributed by atoms with van der Waals surface area (Å²) in [5.41, 5.74) is -0.838. The van der Waals surface area contributed by atoms with Gasteiger partial charge >= 0.3 is 5.97 Å². The molecule has 0 bridgehead atoms. The van der Waals surface area contributed by atoms with Crippen LogP contribution >= 0.6 is 11.8 Å². The Kier molecular flexibility index (Phi) is 5.61. The van der Waals surface area contributed by atoms with E-state index in [-0.39, 0.29) is 0 Å². The van der Waals surface area contributed by atoms with Gasteiger partial charge in [-0.05, 0) is 26.3 Å². The van der Waals surface area contributed by atoms with Crippen LogP contribution in [0.1, 0.15) is 26.7 Å². The van der Waals surface area contributed by atoms with Crippen LogP contribution in [0.2, 0.25) is 0 Å². The number of carboxylic acid groups (broad SMARTS) is 1. The number of carbonyl (C=O) groups is 1. The molecule has 1 aromatic heterocycles. The van der Waals surface area contributed by atoms with Crippen LogP contribution < -0.4 is 5.32 Å². The molecular formula is C11H20N4O2S. The summed E-state index contributed by atoms with van der Waals surface area (Å²) < 4.78 is 1.85. The molecule has 7 heteroatoms. The Morgan fingerprint density at radius 1 is 1.67 bits per heavy atom. The lowest BCUT2D eigenvalue weighted by atomic mass is 9.96. The van der Waals surface area contributed by atoms with E-state index in [1.54, 1.807) is 25.0 Å². The van der Waals surface area contributed by atoms with Gasteiger partial charge in [-0.1, -0.05) is 18.7 Å². The Balaban J connectivity index is 2.36. The molecule has 18 heavy (non-hydrogen) atoms. The molecule has 1 atom stereocenters. The van der Waals surface area contributed by atoms with Gasteiger partial charge in [-0.2, -0.15) is 0 Å². The second kappa shape index (κ2) is 6.75. The van der Waals surface area contributed by atoms with Crippen LogP contribution in [0.5, 0.6) is 0 Å². The molecule has 0 amide bonds. The first-order chi connectivity index (χ1) is 8.49. The van der Waals surface area contributed by atoms with E-state index in [0.717, 1.165) is 17.3 Å². The first-order valence-electron chi connectivity index (χ1n) is 5.95. The molecule has 0 radical (unpaired) electrons. The summed E-state index contributed by atoms with van der Waals surface area (Å²) in [6, 6.07) is 0. The highest BCUT2D eigenvalue weighted by Gasteiger charge is 2.31. The number of aliphatic carboxylic acids is 1. The Morgan fingerprint density at radius 2 is 2.39 bits per heavy atom.